The Hall–Kier alpha value is -0.580. The standard InChI is InChI=1S/C14H22ClNO2S/c1-4-9-16-19(17,18)13-7-5-12(6-8-13)10-14(15)11(2)3/h5-8,11,14,16H,4,9-10H2,1-3H3. The third-order valence-electron chi connectivity index (χ3n) is 2.93. The van der Waals surface area contributed by atoms with Crippen LogP contribution in [0.3, 0.4) is 0 Å². The average Bonchev–Trinajstić information content (AvgIpc) is 2.37. The van der Waals surface area contributed by atoms with Gasteiger partial charge in [-0.1, -0.05) is 32.9 Å². The van der Waals surface area contributed by atoms with E-state index in [1.54, 1.807) is 12.1 Å². The van der Waals surface area contributed by atoms with E-state index in [-0.39, 0.29) is 5.38 Å². The molecule has 0 aliphatic rings. The Morgan fingerprint density at radius 2 is 1.79 bits per heavy atom. The summed E-state index contributed by atoms with van der Waals surface area (Å²) in [5.41, 5.74) is 1.06. The van der Waals surface area contributed by atoms with Crippen molar-refractivity contribution in [3.63, 3.8) is 0 Å². The zero-order chi connectivity index (χ0) is 14.5. The number of alkyl halides is 1. The SMILES string of the molecule is CCCNS(=O)(=O)c1ccc(CC(Cl)C(C)C)cc1. The summed E-state index contributed by atoms with van der Waals surface area (Å²) in [4.78, 5) is 0.306. The largest absolute Gasteiger partial charge is 0.240 e. The third-order valence-corrected chi connectivity index (χ3v) is 5.07. The van der Waals surface area contributed by atoms with Crippen LogP contribution in [0.25, 0.3) is 0 Å². The normalized spacial score (nSPS) is 13.7. The van der Waals surface area contributed by atoms with Crippen LogP contribution in [0, 0.1) is 5.92 Å². The molecule has 0 heterocycles. The predicted octanol–water partition coefficient (Wildman–Crippen LogP) is 3.18. The van der Waals surface area contributed by atoms with Crippen LogP contribution in [0.1, 0.15) is 32.8 Å². The molecule has 0 fully saturated rings. The number of hydrogen-bond acceptors (Lipinski definition) is 2. The molecule has 1 aromatic rings. The Kier molecular flexibility index (Phi) is 6.30. The van der Waals surface area contributed by atoms with Gasteiger partial charge in [-0.25, -0.2) is 13.1 Å². The van der Waals surface area contributed by atoms with E-state index in [1.807, 2.05) is 19.1 Å². The highest BCUT2D eigenvalue weighted by molar-refractivity contribution is 7.89. The van der Waals surface area contributed by atoms with E-state index in [9.17, 15) is 8.42 Å². The Morgan fingerprint density at radius 3 is 2.26 bits per heavy atom. The molecule has 0 amide bonds. The van der Waals surface area contributed by atoms with Gasteiger partial charge in [0.25, 0.3) is 0 Å². The van der Waals surface area contributed by atoms with Crippen LogP contribution in [0.15, 0.2) is 29.2 Å². The molecule has 0 bridgehead atoms. The highest BCUT2D eigenvalue weighted by atomic mass is 35.5. The van der Waals surface area contributed by atoms with Crippen molar-refractivity contribution in [1.29, 1.82) is 0 Å². The van der Waals surface area contributed by atoms with Crippen molar-refractivity contribution in [1.82, 2.24) is 4.72 Å². The van der Waals surface area contributed by atoms with Gasteiger partial charge in [0.05, 0.1) is 4.90 Å². The first-order valence-corrected chi connectivity index (χ1v) is 8.51. The van der Waals surface area contributed by atoms with E-state index >= 15 is 0 Å². The summed E-state index contributed by atoms with van der Waals surface area (Å²) in [6.45, 7) is 6.54. The van der Waals surface area contributed by atoms with Crippen molar-refractivity contribution in [2.75, 3.05) is 6.54 Å². The van der Waals surface area contributed by atoms with Crippen LogP contribution in [0.2, 0.25) is 0 Å². The smallest absolute Gasteiger partial charge is 0.211 e. The van der Waals surface area contributed by atoms with E-state index in [0.717, 1.165) is 18.4 Å². The molecule has 0 aliphatic carbocycles. The lowest BCUT2D eigenvalue weighted by molar-refractivity contribution is 0.580. The van der Waals surface area contributed by atoms with Crippen LogP contribution in [0.4, 0.5) is 0 Å². The highest BCUT2D eigenvalue weighted by Gasteiger charge is 2.14. The summed E-state index contributed by atoms with van der Waals surface area (Å²) < 4.78 is 26.3. The number of sulfonamides is 1. The third kappa shape index (κ3) is 5.13. The van der Waals surface area contributed by atoms with E-state index in [0.29, 0.717) is 17.4 Å². The summed E-state index contributed by atoms with van der Waals surface area (Å²) >= 11 is 6.22. The maximum atomic E-state index is 11.9. The molecular weight excluding hydrogens is 282 g/mol. The van der Waals surface area contributed by atoms with E-state index in [4.69, 9.17) is 11.6 Å². The summed E-state index contributed by atoms with van der Waals surface area (Å²) in [5, 5.41) is 0.0701. The fraction of sp³-hybridized carbons (Fsp3) is 0.571. The van der Waals surface area contributed by atoms with Crippen molar-refractivity contribution < 1.29 is 8.42 Å². The zero-order valence-corrected chi connectivity index (χ0v) is 13.3. The Bertz CT molecular complexity index is 483. The molecule has 1 N–H and O–H groups in total. The predicted molar refractivity (Wildman–Crippen MR) is 80.1 cm³/mol. The number of nitrogens with one attached hydrogen (secondary N) is 1. The lowest BCUT2D eigenvalue weighted by Gasteiger charge is -2.13. The number of benzene rings is 1. The topological polar surface area (TPSA) is 46.2 Å². The molecule has 0 aliphatic heterocycles. The van der Waals surface area contributed by atoms with Crippen molar-refractivity contribution in [2.24, 2.45) is 5.92 Å². The second kappa shape index (κ2) is 7.27. The second-order valence-electron chi connectivity index (χ2n) is 5.01. The van der Waals surface area contributed by atoms with Gasteiger partial charge in [0.2, 0.25) is 10.0 Å². The van der Waals surface area contributed by atoms with Gasteiger partial charge < -0.3 is 0 Å². The average molecular weight is 304 g/mol. The van der Waals surface area contributed by atoms with Gasteiger partial charge in [-0.05, 0) is 36.5 Å². The summed E-state index contributed by atoms with van der Waals surface area (Å²) in [6.07, 6.45) is 1.53. The van der Waals surface area contributed by atoms with Crippen molar-refractivity contribution in [3.8, 4) is 0 Å². The fourth-order valence-electron chi connectivity index (χ4n) is 1.59. The molecule has 108 valence electrons. The zero-order valence-electron chi connectivity index (χ0n) is 11.7. The van der Waals surface area contributed by atoms with Crippen LogP contribution >= 0.6 is 11.6 Å². The molecule has 0 saturated carbocycles. The summed E-state index contributed by atoms with van der Waals surface area (Å²) in [5.74, 6) is 0.399. The molecule has 0 spiro atoms. The first-order chi connectivity index (χ1) is 8.86. The second-order valence-corrected chi connectivity index (χ2v) is 7.33. The molecule has 5 heteroatoms. The number of halogens is 1. The van der Waals surface area contributed by atoms with Gasteiger partial charge in [0.1, 0.15) is 0 Å². The molecule has 1 aromatic carbocycles. The van der Waals surface area contributed by atoms with Crippen molar-refractivity contribution in [2.45, 2.75) is 43.9 Å². The molecular formula is C14H22ClNO2S. The molecule has 0 aromatic heterocycles. The van der Waals surface area contributed by atoms with Crippen LogP contribution in [-0.4, -0.2) is 20.3 Å². The minimum absolute atomic E-state index is 0.0701. The van der Waals surface area contributed by atoms with E-state index in [1.165, 1.54) is 0 Å². The van der Waals surface area contributed by atoms with Gasteiger partial charge in [-0.2, -0.15) is 0 Å². The molecule has 1 unspecified atom stereocenters. The summed E-state index contributed by atoms with van der Waals surface area (Å²) in [7, 11) is -3.37. The van der Waals surface area contributed by atoms with Crippen LogP contribution < -0.4 is 4.72 Å². The van der Waals surface area contributed by atoms with Gasteiger partial charge in [0.15, 0.2) is 0 Å². The first-order valence-electron chi connectivity index (χ1n) is 6.59. The van der Waals surface area contributed by atoms with Gasteiger partial charge in [0, 0.05) is 11.9 Å². The molecule has 1 rings (SSSR count). The lowest BCUT2D eigenvalue weighted by atomic mass is 10.0. The maximum absolute atomic E-state index is 11.9. The van der Waals surface area contributed by atoms with Crippen molar-refractivity contribution >= 4 is 21.6 Å². The lowest BCUT2D eigenvalue weighted by Crippen LogP contribution is -2.24. The summed E-state index contributed by atoms with van der Waals surface area (Å²) in [6, 6.07) is 6.94. The quantitative estimate of drug-likeness (QED) is 0.786. The first kappa shape index (κ1) is 16.5. The maximum Gasteiger partial charge on any atom is 0.240 e. The van der Waals surface area contributed by atoms with Crippen molar-refractivity contribution in [3.05, 3.63) is 29.8 Å². The minimum atomic E-state index is -3.37. The molecule has 19 heavy (non-hydrogen) atoms. The monoisotopic (exact) mass is 303 g/mol. The van der Waals surface area contributed by atoms with Crippen LogP contribution in [-0.2, 0) is 16.4 Å². The van der Waals surface area contributed by atoms with Gasteiger partial charge in [-0.15, -0.1) is 11.6 Å². The Morgan fingerprint density at radius 1 is 1.21 bits per heavy atom. The molecule has 0 saturated heterocycles. The van der Waals surface area contributed by atoms with E-state index < -0.39 is 10.0 Å². The van der Waals surface area contributed by atoms with E-state index in [2.05, 4.69) is 18.6 Å². The minimum Gasteiger partial charge on any atom is -0.211 e. The molecule has 0 radical (unpaired) electrons. The van der Waals surface area contributed by atoms with Gasteiger partial charge in [-0.3, -0.25) is 0 Å². The number of rotatable bonds is 7. The Labute approximate surface area is 121 Å². The highest BCUT2D eigenvalue weighted by Crippen LogP contribution is 2.17. The molecule has 1 atom stereocenters. The van der Waals surface area contributed by atoms with Gasteiger partial charge >= 0.3 is 0 Å². The number of hydrogen-bond donors (Lipinski definition) is 1. The fourth-order valence-corrected chi connectivity index (χ4v) is 2.90. The Balaban J connectivity index is 2.76. The van der Waals surface area contributed by atoms with Crippen LogP contribution in [0.5, 0.6) is 0 Å². The molecule has 3 nitrogen and oxygen atoms in total.